The van der Waals surface area contributed by atoms with Crippen LogP contribution in [0.15, 0.2) is 0 Å². The van der Waals surface area contributed by atoms with Crippen LogP contribution in [0.4, 0.5) is 0 Å². The molecule has 0 rings (SSSR count). The molecule has 0 radical (unpaired) electrons. The molecule has 1 unspecified atom stereocenters. The van der Waals surface area contributed by atoms with Gasteiger partial charge in [0.15, 0.2) is 0 Å². The quantitative estimate of drug-likeness (QED) is 0.369. The average molecular weight is 276 g/mol. The summed E-state index contributed by atoms with van der Waals surface area (Å²) in [6.45, 7) is 6.59. The zero-order valence-corrected chi connectivity index (χ0v) is 13.6. The molecular formula is C16H34ClN. The van der Waals surface area contributed by atoms with Gasteiger partial charge in [0.2, 0.25) is 0 Å². The van der Waals surface area contributed by atoms with Gasteiger partial charge in [-0.3, -0.25) is 0 Å². The van der Waals surface area contributed by atoms with Gasteiger partial charge in [-0.1, -0.05) is 51.9 Å². The van der Waals surface area contributed by atoms with Crippen molar-refractivity contribution in [3.63, 3.8) is 0 Å². The fraction of sp³-hybridized carbons (Fsp3) is 1.00. The first kappa shape index (κ1) is 18.2. The van der Waals surface area contributed by atoms with Crippen LogP contribution in [0.3, 0.4) is 0 Å². The molecule has 0 aliphatic rings. The Kier molecular flexibility index (Phi) is 11.3. The van der Waals surface area contributed by atoms with Crippen molar-refractivity contribution in [1.82, 2.24) is 0 Å². The van der Waals surface area contributed by atoms with Gasteiger partial charge in [-0.25, -0.2) is 0 Å². The maximum absolute atomic E-state index is 6.26. The van der Waals surface area contributed by atoms with Crippen LogP contribution in [0, 0.1) is 5.92 Å². The summed E-state index contributed by atoms with van der Waals surface area (Å²) in [5, 5.41) is 0. The summed E-state index contributed by atoms with van der Waals surface area (Å²) in [5.41, 5.74) is 6.21. The van der Waals surface area contributed by atoms with Crippen molar-refractivity contribution in [3.05, 3.63) is 0 Å². The molecule has 0 fully saturated rings. The Hall–Kier alpha value is 0.250. The summed E-state index contributed by atoms with van der Waals surface area (Å²) in [7, 11) is 0. The smallest absolute Gasteiger partial charge is 0.0223 e. The summed E-state index contributed by atoms with van der Waals surface area (Å²) in [4.78, 5) is 0. The number of alkyl halides is 1. The fourth-order valence-electron chi connectivity index (χ4n) is 2.56. The largest absolute Gasteiger partial charge is 0.325 e. The van der Waals surface area contributed by atoms with Crippen molar-refractivity contribution < 1.29 is 0 Å². The normalized spacial score (nSPS) is 13.8. The number of hydrogen-bond acceptors (Lipinski definition) is 1. The lowest BCUT2D eigenvalue weighted by Gasteiger charge is -2.30. The van der Waals surface area contributed by atoms with Crippen LogP contribution in [0.1, 0.15) is 85.0 Å². The van der Waals surface area contributed by atoms with E-state index in [0.29, 0.717) is 5.92 Å². The van der Waals surface area contributed by atoms with E-state index in [1.54, 1.807) is 0 Å². The van der Waals surface area contributed by atoms with E-state index in [2.05, 4.69) is 20.8 Å². The van der Waals surface area contributed by atoms with E-state index < -0.39 is 0 Å². The Morgan fingerprint density at radius 3 is 1.89 bits per heavy atom. The Morgan fingerprint density at radius 2 is 1.39 bits per heavy atom. The molecule has 2 N–H and O–H groups in total. The monoisotopic (exact) mass is 275 g/mol. The minimum Gasteiger partial charge on any atom is -0.325 e. The molecule has 0 aliphatic carbocycles. The van der Waals surface area contributed by atoms with Gasteiger partial charge >= 0.3 is 0 Å². The lowest BCUT2D eigenvalue weighted by atomic mass is 9.81. The highest BCUT2D eigenvalue weighted by Gasteiger charge is 2.23. The van der Waals surface area contributed by atoms with E-state index in [-0.39, 0.29) is 5.54 Å². The second kappa shape index (κ2) is 11.1. The first-order valence-corrected chi connectivity index (χ1v) is 8.40. The van der Waals surface area contributed by atoms with E-state index in [1.807, 2.05) is 0 Å². The molecule has 1 nitrogen and oxygen atoms in total. The topological polar surface area (TPSA) is 26.0 Å². The van der Waals surface area contributed by atoms with Gasteiger partial charge in [0.05, 0.1) is 0 Å². The summed E-state index contributed by atoms with van der Waals surface area (Å²) in [5.74, 6) is 1.40. The van der Waals surface area contributed by atoms with Crippen LogP contribution in [-0.4, -0.2) is 11.4 Å². The van der Waals surface area contributed by atoms with Gasteiger partial charge in [-0.05, 0) is 39.0 Å². The number of halogens is 1. The lowest BCUT2D eigenvalue weighted by Crippen LogP contribution is -2.41. The molecule has 0 aromatic rings. The zero-order valence-electron chi connectivity index (χ0n) is 12.8. The summed E-state index contributed by atoms with van der Waals surface area (Å²) in [6, 6.07) is 0. The highest BCUT2D eigenvalue weighted by atomic mass is 35.5. The number of hydrogen-bond donors (Lipinski definition) is 1. The molecule has 0 aliphatic heterocycles. The third-order valence-corrected chi connectivity index (χ3v) is 4.16. The Labute approximate surface area is 120 Å². The van der Waals surface area contributed by atoms with Crippen molar-refractivity contribution in [2.45, 2.75) is 90.5 Å². The molecule has 0 bridgehead atoms. The third kappa shape index (κ3) is 10.2. The summed E-state index contributed by atoms with van der Waals surface area (Å²) < 4.78 is 0. The first-order valence-electron chi connectivity index (χ1n) is 7.87. The van der Waals surface area contributed by atoms with Gasteiger partial charge in [-0.2, -0.15) is 0 Å². The lowest BCUT2D eigenvalue weighted by molar-refractivity contribution is 0.273. The molecular weight excluding hydrogens is 242 g/mol. The summed E-state index contributed by atoms with van der Waals surface area (Å²) in [6.07, 6.45) is 13.2. The molecule has 0 saturated heterocycles. The number of rotatable bonds is 12. The third-order valence-electron chi connectivity index (χ3n) is 3.89. The molecule has 0 aromatic carbocycles. The van der Waals surface area contributed by atoms with E-state index in [9.17, 15) is 0 Å². The second-order valence-corrected chi connectivity index (χ2v) is 6.64. The highest BCUT2D eigenvalue weighted by molar-refractivity contribution is 6.17. The molecule has 18 heavy (non-hydrogen) atoms. The Morgan fingerprint density at radius 1 is 0.889 bits per heavy atom. The Balaban J connectivity index is 3.63. The minimum atomic E-state index is -0.0474. The summed E-state index contributed by atoms with van der Waals surface area (Å²) >= 11 is 5.79. The second-order valence-electron chi connectivity index (χ2n) is 6.26. The molecule has 0 spiro atoms. The van der Waals surface area contributed by atoms with Gasteiger partial charge < -0.3 is 5.73 Å². The maximum Gasteiger partial charge on any atom is 0.0223 e. The highest BCUT2D eigenvalue weighted by Crippen LogP contribution is 2.26. The van der Waals surface area contributed by atoms with E-state index >= 15 is 0 Å². The van der Waals surface area contributed by atoms with Crippen molar-refractivity contribution in [2.75, 3.05) is 5.88 Å². The van der Waals surface area contributed by atoms with Gasteiger partial charge in [0.1, 0.15) is 0 Å². The van der Waals surface area contributed by atoms with Crippen LogP contribution in [0.2, 0.25) is 0 Å². The number of nitrogens with two attached hydrogens (primary N) is 1. The Bertz CT molecular complexity index is 174. The van der Waals surface area contributed by atoms with Crippen molar-refractivity contribution in [3.8, 4) is 0 Å². The van der Waals surface area contributed by atoms with Crippen molar-refractivity contribution >= 4 is 11.6 Å². The van der Waals surface area contributed by atoms with Gasteiger partial charge in [0.25, 0.3) is 0 Å². The molecule has 0 heterocycles. The van der Waals surface area contributed by atoms with Gasteiger partial charge in [-0.15, -0.1) is 11.6 Å². The predicted molar refractivity (Wildman–Crippen MR) is 84.3 cm³/mol. The molecule has 0 amide bonds. The van der Waals surface area contributed by atoms with Crippen LogP contribution in [0.5, 0.6) is 0 Å². The number of unbranched alkanes of at least 4 members (excludes halogenated alkanes) is 6. The van der Waals surface area contributed by atoms with E-state index in [0.717, 1.165) is 12.3 Å². The minimum absolute atomic E-state index is 0.0474. The van der Waals surface area contributed by atoms with Crippen LogP contribution in [-0.2, 0) is 0 Å². The molecule has 2 heteroatoms. The molecule has 1 atom stereocenters. The van der Waals surface area contributed by atoms with E-state index in [1.165, 1.54) is 57.8 Å². The van der Waals surface area contributed by atoms with Crippen molar-refractivity contribution in [1.29, 1.82) is 0 Å². The fourth-order valence-corrected chi connectivity index (χ4v) is 2.71. The van der Waals surface area contributed by atoms with Crippen LogP contribution in [0.25, 0.3) is 0 Å². The SMILES string of the molecule is CCCCCCCCCC(CCCCl)C(C)(C)N. The maximum atomic E-state index is 6.26. The zero-order chi connectivity index (χ0) is 13.9. The van der Waals surface area contributed by atoms with Crippen molar-refractivity contribution in [2.24, 2.45) is 11.7 Å². The van der Waals surface area contributed by atoms with Crippen LogP contribution < -0.4 is 5.73 Å². The predicted octanol–water partition coefficient (Wildman–Crippen LogP) is 5.50. The molecule has 0 aromatic heterocycles. The average Bonchev–Trinajstić information content (AvgIpc) is 2.30. The van der Waals surface area contributed by atoms with Gasteiger partial charge in [0, 0.05) is 11.4 Å². The molecule has 110 valence electrons. The van der Waals surface area contributed by atoms with E-state index in [4.69, 9.17) is 17.3 Å². The van der Waals surface area contributed by atoms with Crippen LogP contribution >= 0.6 is 11.6 Å². The standard InChI is InChI=1S/C16H34ClN/c1-4-5-6-7-8-9-10-12-15(13-11-14-17)16(2,3)18/h15H,4-14,18H2,1-3H3. The molecule has 0 saturated carbocycles. The first-order chi connectivity index (χ1) is 8.52.